The average molecular weight is 207 g/mol. The number of aromatic nitrogens is 5. The summed E-state index contributed by atoms with van der Waals surface area (Å²) in [6.45, 7) is 0. The quantitative estimate of drug-likeness (QED) is 0.758. The highest BCUT2D eigenvalue weighted by Gasteiger charge is 2.13. The second-order valence-corrected chi connectivity index (χ2v) is 3.47. The first-order valence-electron chi connectivity index (χ1n) is 4.66. The van der Waals surface area contributed by atoms with Crippen molar-refractivity contribution >= 4 is 0 Å². The van der Waals surface area contributed by atoms with Gasteiger partial charge < -0.3 is 5.11 Å². The van der Waals surface area contributed by atoms with Gasteiger partial charge in [-0.2, -0.15) is 10.2 Å². The summed E-state index contributed by atoms with van der Waals surface area (Å²) >= 11 is 0. The van der Waals surface area contributed by atoms with Gasteiger partial charge in [0.25, 0.3) is 0 Å². The maximum absolute atomic E-state index is 9.90. The summed E-state index contributed by atoms with van der Waals surface area (Å²) in [5.41, 5.74) is 0.792. The van der Waals surface area contributed by atoms with E-state index in [1.807, 2.05) is 7.05 Å². The zero-order valence-corrected chi connectivity index (χ0v) is 8.70. The van der Waals surface area contributed by atoms with Crippen LogP contribution in [0.1, 0.15) is 17.5 Å². The second kappa shape index (κ2) is 3.82. The Balaban J connectivity index is 2.10. The molecule has 0 aliphatic carbocycles. The van der Waals surface area contributed by atoms with Crippen LogP contribution in [0.4, 0.5) is 0 Å². The molecule has 0 saturated carbocycles. The molecule has 0 radical (unpaired) electrons. The van der Waals surface area contributed by atoms with Crippen LogP contribution in [0.15, 0.2) is 18.7 Å². The standard InChI is InChI=1S/C9H13N5O/c1-13-5-7(4-11-13)8(15)3-9-10-6-12-14(9)2/h4-6,8,15H,3H2,1-2H3. The molecule has 0 saturated heterocycles. The van der Waals surface area contributed by atoms with Gasteiger partial charge in [0.1, 0.15) is 12.2 Å². The fourth-order valence-corrected chi connectivity index (χ4v) is 1.41. The van der Waals surface area contributed by atoms with Crippen LogP contribution < -0.4 is 0 Å². The van der Waals surface area contributed by atoms with Gasteiger partial charge in [0.05, 0.1) is 12.3 Å². The summed E-state index contributed by atoms with van der Waals surface area (Å²) in [6.07, 6.45) is 4.79. The Kier molecular flexibility index (Phi) is 2.51. The number of hydrogen-bond donors (Lipinski definition) is 1. The minimum Gasteiger partial charge on any atom is -0.388 e. The van der Waals surface area contributed by atoms with Crippen molar-refractivity contribution in [1.29, 1.82) is 0 Å². The van der Waals surface area contributed by atoms with Crippen molar-refractivity contribution in [3.8, 4) is 0 Å². The summed E-state index contributed by atoms with van der Waals surface area (Å²) in [6, 6.07) is 0. The van der Waals surface area contributed by atoms with E-state index in [0.29, 0.717) is 6.42 Å². The Labute approximate surface area is 87.2 Å². The lowest BCUT2D eigenvalue weighted by Gasteiger charge is -2.06. The molecule has 1 N–H and O–H groups in total. The molecule has 2 rings (SSSR count). The lowest BCUT2D eigenvalue weighted by atomic mass is 10.1. The molecular weight excluding hydrogens is 194 g/mol. The monoisotopic (exact) mass is 207 g/mol. The highest BCUT2D eigenvalue weighted by Crippen LogP contribution is 2.15. The maximum atomic E-state index is 9.90. The van der Waals surface area contributed by atoms with Crippen LogP contribution in [0, 0.1) is 0 Å². The van der Waals surface area contributed by atoms with Gasteiger partial charge >= 0.3 is 0 Å². The molecule has 0 amide bonds. The van der Waals surface area contributed by atoms with Crippen molar-refractivity contribution in [1.82, 2.24) is 24.5 Å². The van der Waals surface area contributed by atoms with Crippen molar-refractivity contribution in [3.05, 3.63) is 30.1 Å². The van der Waals surface area contributed by atoms with E-state index in [1.165, 1.54) is 6.33 Å². The third kappa shape index (κ3) is 2.04. The Morgan fingerprint density at radius 3 is 2.73 bits per heavy atom. The summed E-state index contributed by atoms with van der Waals surface area (Å²) in [4.78, 5) is 4.05. The number of hydrogen-bond acceptors (Lipinski definition) is 4. The van der Waals surface area contributed by atoms with Crippen LogP contribution in [0.3, 0.4) is 0 Å². The van der Waals surface area contributed by atoms with Crippen molar-refractivity contribution in [2.45, 2.75) is 12.5 Å². The van der Waals surface area contributed by atoms with E-state index in [9.17, 15) is 5.11 Å². The third-order valence-electron chi connectivity index (χ3n) is 2.29. The zero-order chi connectivity index (χ0) is 10.8. The molecule has 6 heteroatoms. The van der Waals surface area contributed by atoms with Crippen LogP contribution in [0.5, 0.6) is 0 Å². The van der Waals surface area contributed by atoms with Crippen molar-refractivity contribution < 1.29 is 5.11 Å². The van der Waals surface area contributed by atoms with Crippen molar-refractivity contribution in [3.63, 3.8) is 0 Å². The van der Waals surface area contributed by atoms with E-state index in [-0.39, 0.29) is 0 Å². The van der Waals surface area contributed by atoms with E-state index in [1.54, 1.807) is 28.8 Å². The van der Waals surface area contributed by atoms with Gasteiger partial charge in [-0.25, -0.2) is 4.98 Å². The SMILES string of the molecule is Cn1cc(C(O)Cc2ncnn2C)cn1. The van der Waals surface area contributed by atoms with E-state index < -0.39 is 6.10 Å². The molecule has 0 bridgehead atoms. The Morgan fingerprint density at radius 1 is 1.40 bits per heavy atom. The molecule has 80 valence electrons. The molecule has 0 spiro atoms. The van der Waals surface area contributed by atoms with Crippen molar-refractivity contribution in [2.75, 3.05) is 0 Å². The molecule has 1 atom stereocenters. The molecule has 0 aliphatic heterocycles. The lowest BCUT2D eigenvalue weighted by molar-refractivity contribution is 0.174. The first-order chi connectivity index (χ1) is 7.16. The summed E-state index contributed by atoms with van der Waals surface area (Å²) in [5.74, 6) is 0.756. The van der Waals surface area contributed by atoms with Gasteiger partial charge in [0.15, 0.2) is 0 Å². The van der Waals surface area contributed by atoms with Gasteiger partial charge in [-0.3, -0.25) is 9.36 Å². The molecule has 1 unspecified atom stereocenters. The Morgan fingerprint density at radius 2 is 2.20 bits per heavy atom. The first kappa shape index (κ1) is 9.85. The van der Waals surface area contributed by atoms with Crippen LogP contribution >= 0.6 is 0 Å². The highest BCUT2D eigenvalue weighted by atomic mass is 16.3. The molecule has 2 heterocycles. The van der Waals surface area contributed by atoms with E-state index in [2.05, 4.69) is 15.2 Å². The number of aryl methyl sites for hydroxylation is 2. The first-order valence-corrected chi connectivity index (χ1v) is 4.66. The molecule has 2 aromatic rings. The fraction of sp³-hybridized carbons (Fsp3) is 0.444. The molecular formula is C9H13N5O. The number of nitrogens with zero attached hydrogens (tertiary/aromatic N) is 5. The maximum Gasteiger partial charge on any atom is 0.138 e. The van der Waals surface area contributed by atoms with Crippen molar-refractivity contribution in [2.24, 2.45) is 14.1 Å². The largest absolute Gasteiger partial charge is 0.388 e. The molecule has 2 aromatic heterocycles. The predicted molar refractivity (Wildman–Crippen MR) is 52.9 cm³/mol. The Hall–Kier alpha value is -1.69. The smallest absolute Gasteiger partial charge is 0.138 e. The van der Waals surface area contributed by atoms with Crippen LogP contribution in [0.2, 0.25) is 0 Å². The minimum absolute atomic E-state index is 0.447. The van der Waals surface area contributed by atoms with Crippen LogP contribution in [-0.4, -0.2) is 29.7 Å². The second-order valence-electron chi connectivity index (χ2n) is 3.47. The number of rotatable bonds is 3. The minimum atomic E-state index is -0.582. The summed E-state index contributed by atoms with van der Waals surface area (Å²) in [7, 11) is 3.62. The molecule has 0 aromatic carbocycles. The normalized spacial score (nSPS) is 13.0. The van der Waals surface area contributed by atoms with Gasteiger partial charge in [0.2, 0.25) is 0 Å². The summed E-state index contributed by atoms with van der Waals surface area (Å²) in [5, 5.41) is 17.8. The van der Waals surface area contributed by atoms with Gasteiger partial charge in [-0.1, -0.05) is 0 Å². The predicted octanol–water partition coefficient (Wildman–Crippen LogP) is -0.175. The van der Waals surface area contributed by atoms with Crippen LogP contribution in [0.25, 0.3) is 0 Å². The molecule has 6 nitrogen and oxygen atoms in total. The topological polar surface area (TPSA) is 68.8 Å². The average Bonchev–Trinajstić information content (AvgIpc) is 2.77. The van der Waals surface area contributed by atoms with E-state index in [4.69, 9.17) is 0 Å². The lowest BCUT2D eigenvalue weighted by Crippen LogP contribution is -2.07. The highest BCUT2D eigenvalue weighted by molar-refractivity contribution is 5.09. The Bertz CT molecular complexity index is 447. The summed E-state index contributed by atoms with van der Waals surface area (Å²) < 4.78 is 3.31. The molecule has 0 fully saturated rings. The number of aliphatic hydroxyl groups excluding tert-OH is 1. The molecule has 15 heavy (non-hydrogen) atoms. The van der Waals surface area contributed by atoms with Crippen LogP contribution in [-0.2, 0) is 20.5 Å². The van der Waals surface area contributed by atoms with Gasteiger partial charge in [0, 0.05) is 32.3 Å². The third-order valence-corrected chi connectivity index (χ3v) is 2.29. The zero-order valence-electron chi connectivity index (χ0n) is 8.70. The molecule has 0 aliphatic rings. The van der Waals surface area contributed by atoms with Gasteiger partial charge in [-0.15, -0.1) is 0 Å². The fourth-order valence-electron chi connectivity index (χ4n) is 1.41. The number of aliphatic hydroxyl groups is 1. The van der Waals surface area contributed by atoms with Gasteiger partial charge in [-0.05, 0) is 0 Å². The van der Waals surface area contributed by atoms with E-state index in [0.717, 1.165) is 11.4 Å². The van der Waals surface area contributed by atoms with E-state index >= 15 is 0 Å².